The highest BCUT2D eigenvalue weighted by Crippen LogP contribution is 2.27. The van der Waals surface area contributed by atoms with Crippen LogP contribution in [0.15, 0.2) is 60.9 Å². The summed E-state index contributed by atoms with van der Waals surface area (Å²) in [6, 6.07) is 16.3. The van der Waals surface area contributed by atoms with E-state index in [-0.39, 0.29) is 11.6 Å². The van der Waals surface area contributed by atoms with Crippen LogP contribution in [-0.4, -0.2) is 29.6 Å². The van der Waals surface area contributed by atoms with Crippen molar-refractivity contribution in [2.75, 3.05) is 24.4 Å². The third kappa shape index (κ3) is 4.52. The summed E-state index contributed by atoms with van der Waals surface area (Å²) >= 11 is 0. The number of para-hydroxylation sites is 4. The fourth-order valence-corrected chi connectivity index (χ4v) is 2.47. The Morgan fingerprint density at radius 2 is 1.70 bits per heavy atom. The number of carbonyl (C=O) groups is 1. The SMILES string of the molecule is CCOc1ccccc1NC(=O)c1cc(Nc2ccccc2OC)ncn1. The van der Waals surface area contributed by atoms with E-state index >= 15 is 0 Å². The molecule has 27 heavy (non-hydrogen) atoms. The van der Waals surface area contributed by atoms with Crippen LogP contribution in [0.2, 0.25) is 0 Å². The molecular formula is C20H20N4O3. The van der Waals surface area contributed by atoms with Crippen LogP contribution in [0, 0.1) is 0 Å². The first-order valence-electron chi connectivity index (χ1n) is 8.46. The van der Waals surface area contributed by atoms with Gasteiger partial charge in [0, 0.05) is 6.07 Å². The van der Waals surface area contributed by atoms with Crippen molar-refractivity contribution in [2.45, 2.75) is 6.92 Å². The number of aromatic nitrogens is 2. The molecule has 0 atom stereocenters. The Balaban J connectivity index is 1.78. The van der Waals surface area contributed by atoms with Gasteiger partial charge in [0.15, 0.2) is 0 Å². The Labute approximate surface area is 157 Å². The van der Waals surface area contributed by atoms with Gasteiger partial charge < -0.3 is 20.1 Å². The van der Waals surface area contributed by atoms with Gasteiger partial charge in [0.05, 0.1) is 25.1 Å². The predicted molar refractivity (Wildman–Crippen MR) is 104 cm³/mol. The highest BCUT2D eigenvalue weighted by Gasteiger charge is 2.12. The summed E-state index contributed by atoms with van der Waals surface area (Å²) in [4.78, 5) is 20.8. The number of amides is 1. The molecule has 3 rings (SSSR count). The molecule has 7 nitrogen and oxygen atoms in total. The first-order chi connectivity index (χ1) is 13.2. The van der Waals surface area contributed by atoms with E-state index < -0.39 is 0 Å². The number of carbonyl (C=O) groups excluding carboxylic acids is 1. The smallest absolute Gasteiger partial charge is 0.274 e. The standard InChI is InChI=1S/C20H20N4O3/c1-3-27-18-11-7-5-9-15(18)24-20(25)16-12-19(22-13-21-16)23-14-8-4-6-10-17(14)26-2/h4-13H,3H2,1-2H3,(H,24,25)(H,21,22,23). The molecule has 1 aromatic heterocycles. The zero-order valence-corrected chi connectivity index (χ0v) is 15.1. The summed E-state index contributed by atoms with van der Waals surface area (Å²) in [5, 5.41) is 5.95. The maximum atomic E-state index is 12.6. The minimum absolute atomic E-state index is 0.230. The van der Waals surface area contributed by atoms with E-state index in [1.54, 1.807) is 25.3 Å². The van der Waals surface area contributed by atoms with Crippen LogP contribution in [0.4, 0.5) is 17.2 Å². The van der Waals surface area contributed by atoms with Gasteiger partial charge in [0.1, 0.15) is 29.3 Å². The van der Waals surface area contributed by atoms with E-state index in [9.17, 15) is 4.79 Å². The minimum atomic E-state index is -0.354. The van der Waals surface area contributed by atoms with E-state index in [0.29, 0.717) is 29.6 Å². The van der Waals surface area contributed by atoms with Crippen molar-refractivity contribution >= 4 is 23.1 Å². The largest absolute Gasteiger partial charge is 0.495 e. The molecule has 0 bridgehead atoms. The van der Waals surface area contributed by atoms with Crippen molar-refractivity contribution in [3.8, 4) is 11.5 Å². The molecule has 0 fully saturated rings. The van der Waals surface area contributed by atoms with Crippen LogP contribution in [0.5, 0.6) is 11.5 Å². The second kappa shape index (κ2) is 8.66. The Morgan fingerprint density at radius 3 is 2.44 bits per heavy atom. The van der Waals surface area contributed by atoms with Gasteiger partial charge in [-0.2, -0.15) is 0 Å². The van der Waals surface area contributed by atoms with Crippen LogP contribution >= 0.6 is 0 Å². The monoisotopic (exact) mass is 364 g/mol. The van der Waals surface area contributed by atoms with Crippen LogP contribution in [0.3, 0.4) is 0 Å². The quantitative estimate of drug-likeness (QED) is 0.662. The zero-order chi connectivity index (χ0) is 19.1. The molecule has 2 N–H and O–H groups in total. The number of hydrogen-bond acceptors (Lipinski definition) is 6. The van der Waals surface area contributed by atoms with Crippen LogP contribution in [0.1, 0.15) is 17.4 Å². The molecule has 0 spiro atoms. The number of nitrogens with zero attached hydrogens (tertiary/aromatic N) is 2. The van der Waals surface area contributed by atoms with Gasteiger partial charge in [-0.15, -0.1) is 0 Å². The molecule has 7 heteroatoms. The van der Waals surface area contributed by atoms with Gasteiger partial charge in [-0.3, -0.25) is 4.79 Å². The van der Waals surface area contributed by atoms with E-state index in [4.69, 9.17) is 9.47 Å². The van der Waals surface area contributed by atoms with Gasteiger partial charge in [-0.25, -0.2) is 9.97 Å². The molecule has 0 saturated carbocycles. The van der Waals surface area contributed by atoms with Gasteiger partial charge >= 0.3 is 0 Å². The maximum absolute atomic E-state index is 12.6. The molecule has 0 aliphatic heterocycles. The Morgan fingerprint density at radius 1 is 1.00 bits per heavy atom. The van der Waals surface area contributed by atoms with Gasteiger partial charge in [0.2, 0.25) is 0 Å². The molecule has 138 valence electrons. The number of anilines is 3. The molecule has 3 aromatic rings. The highest BCUT2D eigenvalue weighted by atomic mass is 16.5. The lowest BCUT2D eigenvalue weighted by atomic mass is 10.2. The fraction of sp³-hybridized carbons (Fsp3) is 0.150. The number of rotatable bonds is 7. The molecule has 0 aliphatic rings. The molecule has 2 aromatic carbocycles. The van der Waals surface area contributed by atoms with E-state index in [1.165, 1.54) is 6.33 Å². The van der Waals surface area contributed by atoms with Crippen molar-refractivity contribution in [3.05, 3.63) is 66.6 Å². The predicted octanol–water partition coefficient (Wildman–Crippen LogP) is 3.88. The van der Waals surface area contributed by atoms with Crippen molar-refractivity contribution in [1.82, 2.24) is 9.97 Å². The first kappa shape index (κ1) is 18.2. The Hall–Kier alpha value is -3.61. The van der Waals surface area contributed by atoms with Gasteiger partial charge in [0.25, 0.3) is 5.91 Å². The second-order valence-electron chi connectivity index (χ2n) is 5.50. The summed E-state index contributed by atoms with van der Waals surface area (Å²) < 4.78 is 10.8. The molecule has 0 unspecified atom stereocenters. The Bertz CT molecular complexity index is 930. The third-order valence-corrected chi connectivity index (χ3v) is 3.70. The lowest BCUT2D eigenvalue weighted by Crippen LogP contribution is -2.15. The van der Waals surface area contributed by atoms with Crippen LogP contribution < -0.4 is 20.1 Å². The lowest BCUT2D eigenvalue weighted by Gasteiger charge is -2.12. The number of nitrogens with one attached hydrogen (secondary N) is 2. The first-order valence-corrected chi connectivity index (χ1v) is 8.46. The summed E-state index contributed by atoms with van der Waals surface area (Å²) in [6.45, 7) is 2.40. The lowest BCUT2D eigenvalue weighted by molar-refractivity contribution is 0.102. The highest BCUT2D eigenvalue weighted by molar-refractivity contribution is 6.04. The van der Waals surface area contributed by atoms with E-state index in [2.05, 4.69) is 20.6 Å². The van der Waals surface area contributed by atoms with Gasteiger partial charge in [-0.05, 0) is 31.2 Å². The number of hydrogen-bond donors (Lipinski definition) is 2. The number of ether oxygens (including phenoxy) is 2. The van der Waals surface area contributed by atoms with Crippen molar-refractivity contribution in [2.24, 2.45) is 0 Å². The van der Waals surface area contributed by atoms with Crippen LogP contribution in [-0.2, 0) is 0 Å². The van der Waals surface area contributed by atoms with E-state index in [0.717, 1.165) is 5.69 Å². The second-order valence-corrected chi connectivity index (χ2v) is 5.50. The summed E-state index contributed by atoms with van der Waals surface area (Å²) in [6.07, 6.45) is 1.33. The molecule has 0 radical (unpaired) electrons. The Kier molecular flexibility index (Phi) is 5.84. The summed E-state index contributed by atoms with van der Waals surface area (Å²) in [7, 11) is 1.59. The fourth-order valence-electron chi connectivity index (χ4n) is 2.47. The van der Waals surface area contributed by atoms with Crippen molar-refractivity contribution in [1.29, 1.82) is 0 Å². The zero-order valence-electron chi connectivity index (χ0n) is 15.1. The average Bonchev–Trinajstić information content (AvgIpc) is 2.70. The van der Waals surface area contributed by atoms with Crippen molar-refractivity contribution < 1.29 is 14.3 Å². The number of methoxy groups -OCH3 is 1. The topological polar surface area (TPSA) is 85.4 Å². The summed E-state index contributed by atoms with van der Waals surface area (Å²) in [5.74, 6) is 1.41. The molecular weight excluding hydrogens is 344 g/mol. The summed E-state index contributed by atoms with van der Waals surface area (Å²) in [5.41, 5.74) is 1.56. The molecule has 0 aliphatic carbocycles. The maximum Gasteiger partial charge on any atom is 0.274 e. The van der Waals surface area contributed by atoms with Gasteiger partial charge in [-0.1, -0.05) is 24.3 Å². The number of benzene rings is 2. The molecule has 1 amide bonds. The van der Waals surface area contributed by atoms with Crippen LogP contribution in [0.25, 0.3) is 0 Å². The third-order valence-electron chi connectivity index (χ3n) is 3.70. The van der Waals surface area contributed by atoms with Crippen molar-refractivity contribution in [3.63, 3.8) is 0 Å². The average molecular weight is 364 g/mol. The molecule has 0 saturated heterocycles. The minimum Gasteiger partial charge on any atom is -0.495 e. The molecule has 1 heterocycles. The normalized spacial score (nSPS) is 10.1. The van der Waals surface area contributed by atoms with E-state index in [1.807, 2.05) is 43.3 Å².